The molecule has 0 aromatic heterocycles. The minimum atomic E-state index is -0.491. The third-order valence-corrected chi connectivity index (χ3v) is 2.57. The Balaban J connectivity index is 2.42. The van der Waals surface area contributed by atoms with Crippen LogP contribution < -0.4 is 14.8 Å². The van der Waals surface area contributed by atoms with E-state index in [1.165, 1.54) is 0 Å². The molecule has 4 nitrogen and oxygen atoms in total. The average Bonchev–Trinajstić information content (AvgIpc) is 2.39. The second-order valence-corrected chi connectivity index (χ2v) is 4.08. The van der Waals surface area contributed by atoms with Gasteiger partial charge in [-0.15, -0.1) is 0 Å². The summed E-state index contributed by atoms with van der Waals surface area (Å²) in [7, 11) is 1.61. The molecular formula is C14H21NO3. The molecular weight excluding hydrogens is 230 g/mol. The Bertz CT molecular complexity index is 362. The molecule has 0 bridgehead atoms. The van der Waals surface area contributed by atoms with Crippen molar-refractivity contribution < 1.29 is 14.3 Å². The number of benzene rings is 1. The van der Waals surface area contributed by atoms with Crippen molar-refractivity contribution in [1.29, 1.82) is 0 Å². The van der Waals surface area contributed by atoms with Crippen LogP contribution >= 0.6 is 0 Å². The molecule has 4 heteroatoms. The molecule has 1 amide bonds. The molecule has 1 aromatic carbocycles. The van der Waals surface area contributed by atoms with Crippen LogP contribution in [0.4, 0.5) is 0 Å². The molecule has 1 N–H and O–H groups in total. The van der Waals surface area contributed by atoms with Gasteiger partial charge in [-0.2, -0.15) is 0 Å². The van der Waals surface area contributed by atoms with Crippen molar-refractivity contribution in [1.82, 2.24) is 5.32 Å². The lowest BCUT2D eigenvalue weighted by Crippen LogP contribution is -2.36. The van der Waals surface area contributed by atoms with Gasteiger partial charge >= 0.3 is 0 Å². The van der Waals surface area contributed by atoms with Gasteiger partial charge < -0.3 is 14.8 Å². The lowest BCUT2D eigenvalue weighted by molar-refractivity contribution is -0.127. The monoisotopic (exact) mass is 251 g/mol. The van der Waals surface area contributed by atoms with Crippen LogP contribution in [0.5, 0.6) is 11.5 Å². The predicted octanol–water partition coefficient (Wildman–Crippen LogP) is 2.38. The first kappa shape index (κ1) is 14.4. The highest BCUT2D eigenvalue weighted by Gasteiger charge is 2.13. The number of carbonyl (C=O) groups excluding carboxylic acids is 1. The van der Waals surface area contributed by atoms with E-state index in [0.717, 1.165) is 18.6 Å². The second-order valence-electron chi connectivity index (χ2n) is 4.08. The maximum Gasteiger partial charge on any atom is 0.260 e. The van der Waals surface area contributed by atoms with Crippen LogP contribution in [0.1, 0.15) is 26.7 Å². The largest absolute Gasteiger partial charge is 0.497 e. The van der Waals surface area contributed by atoms with Gasteiger partial charge in [0.15, 0.2) is 6.10 Å². The summed E-state index contributed by atoms with van der Waals surface area (Å²) in [5.74, 6) is 1.34. The SMILES string of the molecule is CCCCNC(=O)[C@@H](C)Oc1ccc(OC)cc1. The number of amides is 1. The van der Waals surface area contributed by atoms with E-state index in [9.17, 15) is 4.79 Å². The lowest BCUT2D eigenvalue weighted by atomic mass is 10.3. The Labute approximate surface area is 108 Å². The number of ether oxygens (including phenoxy) is 2. The molecule has 1 atom stereocenters. The van der Waals surface area contributed by atoms with Crippen molar-refractivity contribution in [2.24, 2.45) is 0 Å². The summed E-state index contributed by atoms with van der Waals surface area (Å²) in [6, 6.07) is 7.18. The van der Waals surface area contributed by atoms with Crippen molar-refractivity contribution >= 4 is 5.91 Å². The van der Waals surface area contributed by atoms with Crippen LogP contribution in [0, 0.1) is 0 Å². The van der Waals surface area contributed by atoms with Crippen molar-refractivity contribution in [2.75, 3.05) is 13.7 Å². The molecule has 0 aliphatic heterocycles. The molecule has 0 unspecified atom stereocenters. The van der Waals surface area contributed by atoms with Gasteiger partial charge in [-0.1, -0.05) is 13.3 Å². The number of hydrogen-bond acceptors (Lipinski definition) is 3. The van der Waals surface area contributed by atoms with Crippen molar-refractivity contribution in [3.63, 3.8) is 0 Å². The Hall–Kier alpha value is -1.71. The lowest BCUT2D eigenvalue weighted by Gasteiger charge is -2.14. The molecule has 0 fully saturated rings. The molecule has 0 aliphatic rings. The molecule has 1 rings (SSSR count). The number of unbranched alkanes of at least 4 members (excludes halogenated alkanes) is 1. The van der Waals surface area contributed by atoms with Crippen molar-refractivity contribution in [3.8, 4) is 11.5 Å². The van der Waals surface area contributed by atoms with E-state index in [4.69, 9.17) is 9.47 Å². The summed E-state index contributed by atoms with van der Waals surface area (Å²) in [6.07, 6.45) is 1.56. The van der Waals surface area contributed by atoms with Crippen LogP contribution in [-0.2, 0) is 4.79 Å². The summed E-state index contributed by atoms with van der Waals surface area (Å²) in [6.45, 7) is 4.53. The van der Waals surface area contributed by atoms with E-state index in [1.54, 1.807) is 38.3 Å². The quantitative estimate of drug-likeness (QED) is 0.757. The fraction of sp³-hybridized carbons (Fsp3) is 0.500. The Kier molecular flexibility index (Phi) is 6.05. The van der Waals surface area contributed by atoms with E-state index in [-0.39, 0.29) is 5.91 Å². The average molecular weight is 251 g/mol. The van der Waals surface area contributed by atoms with Gasteiger partial charge in [0.2, 0.25) is 0 Å². The Morgan fingerprint density at radius 1 is 1.28 bits per heavy atom. The summed E-state index contributed by atoms with van der Waals surface area (Å²) >= 11 is 0. The molecule has 0 spiro atoms. The summed E-state index contributed by atoms with van der Waals surface area (Å²) in [5.41, 5.74) is 0. The highest BCUT2D eigenvalue weighted by atomic mass is 16.5. The highest BCUT2D eigenvalue weighted by molar-refractivity contribution is 5.80. The second kappa shape index (κ2) is 7.58. The molecule has 0 radical (unpaired) electrons. The normalized spacial score (nSPS) is 11.7. The zero-order valence-electron chi connectivity index (χ0n) is 11.2. The standard InChI is InChI=1S/C14H21NO3/c1-4-5-10-15-14(16)11(2)18-13-8-6-12(17-3)7-9-13/h6-9,11H,4-5,10H2,1-3H3,(H,15,16)/t11-/m1/s1. The molecule has 0 aliphatic carbocycles. The summed E-state index contributed by atoms with van der Waals surface area (Å²) in [5, 5.41) is 2.84. The van der Waals surface area contributed by atoms with Gasteiger partial charge in [-0.3, -0.25) is 4.79 Å². The zero-order chi connectivity index (χ0) is 13.4. The summed E-state index contributed by atoms with van der Waals surface area (Å²) in [4.78, 5) is 11.7. The maximum absolute atomic E-state index is 11.7. The van der Waals surface area contributed by atoms with Gasteiger partial charge in [0.1, 0.15) is 11.5 Å². The van der Waals surface area contributed by atoms with Gasteiger partial charge in [-0.05, 0) is 37.6 Å². The zero-order valence-corrected chi connectivity index (χ0v) is 11.2. The number of methoxy groups -OCH3 is 1. The smallest absolute Gasteiger partial charge is 0.260 e. The number of rotatable bonds is 7. The maximum atomic E-state index is 11.7. The molecule has 0 saturated heterocycles. The fourth-order valence-corrected chi connectivity index (χ4v) is 1.44. The predicted molar refractivity (Wildman–Crippen MR) is 71.0 cm³/mol. The summed E-state index contributed by atoms with van der Waals surface area (Å²) < 4.78 is 10.6. The van der Waals surface area contributed by atoms with Crippen LogP contribution in [0.3, 0.4) is 0 Å². The first-order chi connectivity index (χ1) is 8.67. The third kappa shape index (κ3) is 4.65. The van der Waals surface area contributed by atoms with Crippen LogP contribution in [0.25, 0.3) is 0 Å². The Morgan fingerprint density at radius 2 is 1.89 bits per heavy atom. The van der Waals surface area contributed by atoms with Gasteiger partial charge in [0.25, 0.3) is 5.91 Å². The van der Waals surface area contributed by atoms with Crippen LogP contribution in [0.15, 0.2) is 24.3 Å². The first-order valence-electron chi connectivity index (χ1n) is 6.25. The van der Waals surface area contributed by atoms with E-state index in [2.05, 4.69) is 12.2 Å². The van der Waals surface area contributed by atoms with Crippen molar-refractivity contribution in [2.45, 2.75) is 32.8 Å². The van der Waals surface area contributed by atoms with E-state index < -0.39 is 6.10 Å². The van der Waals surface area contributed by atoms with Crippen LogP contribution in [-0.4, -0.2) is 25.7 Å². The first-order valence-corrected chi connectivity index (χ1v) is 6.25. The minimum Gasteiger partial charge on any atom is -0.497 e. The minimum absolute atomic E-state index is 0.0840. The molecule has 1 aromatic rings. The van der Waals surface area contributed by atoms with E-state index in [0.29, 0.717) is 12.3 Å². The third-order valence-electron chi connectivity index (χ3n) is 2.57. The molecule has 100 valence electrons. The van der Waals surface area contributed by atoms with Gasteiger partial charge in [0, 0.05) is 6.54 Å². The van der Waals surface area contributed by atoms with Gasteiger partial charge in [-0.25, -0.2) is 0 Å². The number of nitrogens with one attached hydrogen (secondary N) is 1. The number of hydrogen-bond donors (Lipinski definition) is 1. The molecule has 0 heterocycles. The fourth-order valence-electron chi connectivity index (χ4n) is 1.44. The van der Waals surface area contributed by atoms with Crippen LogP contribution in [0.2, 0.25) is 0 Å². The van der Waals surface area contributed by atoms with E-state index in [1.807, 2.05) is 0 Å². The topological polar surface area (TPSA) is 47.6 Å². The highest BCUT2D eigenvalue weighted by Crippen LogP contribution is 2.18. The van der Waals surface area contributed by atoms with E-state index >= 15 is 0 Å². The van der Waals surface area contributed by atoms with Gasteiger partial charge in [0.05, 0.1) is 7.11 Å². The Morgan fingerprint density at radius 3 is 2.44 bits per heavy atom. The molecule has 18 heavy (non-hydrogen) atoms. The number of carbonyl (C=O) groups is 1. The van der Waals surface area contributed by atoms with Crippen molar-refractivity contribution in [3.05, 3.63) is 24.3 Å². The molecule has 0 saturated carbocycles.